The molecule has 2 aromatic rings. The first-order chi connectivity index (χ1) is 8.84. The summed E-state index contributed by atoms with van der Waals surface area (Å²) in [6.45, 7) is 9.63. The fourth-order valence-electron chi connectivity index (χ4n) is 2.11. The van der Waals surface area contributed by atoms with Crippen molar-refractivity contribution in [2.75, 3.05) is 6.61 Å². The zero-order chi connectivity index (χ0) is 14.2. The monoisotopic (exact) mass is 408 g/mol. The summed E-state index contributed by atoms with van der Waals surface area (Å²) in [5, 5.41) is 0.765. The maximum atomic E-state index is 6.23. The average molecular weight is 409 g/mol. The largest absolute Gasteiger partial charge is 0.362 e. The minimum atomic E-state index is -1.50. The van der Waals surface area contributed by atoms with Gasteiger partial charge in [0, 0.05) is 10.2 Å². The highest BCUT2D eigenvalue weighted by atomic mass is 127. The number of rotatable bonds is 4. The Labute approximate surface area is 133 Å². The van der Waals surface area contributed by atoms with Crippen molar-refractivity contribution in [2.24, 2.45) is 0 Å². The number of aromatic nitrogens is 2. The third-order valence-corrected chi connectivity index (χ3v) is 6.39. The molecule has 0 aliphatic rings. The molecule has 0 saturated carbocycles. The van der Waals surface area contributed by atoms with Crippen molar-refractivity contribution in [2.45, 2.75) is 32.4 Å². The van der Waals surface area contributed by atoms with Gasteiger partial charge in [-0.1, -0.05) is 31.2 Å². The van der Waals surface area contributed by atoms with E-state index >= 15 is 0 Å². The van der Waals surface area contributed by atoms with Crippen molar-refractivity contribution in [1.82, 2.24) is 9.55 Å². The zero-order valence-electron chi connectivity index (χ0n) is 11.6. The third kappa shape index (κ3) is 3.15. The van der Waals surface area contributed by atoms with Crippen LogP contribution in [0.1, 0.15) is 12.8 Å². The lowest BCUT2D eigenvalue weighted by Gasteiger charge is -2.30. The van der Waals surface area contributed by atoms with Crippen molar-refractivity contribution < 1.29 is 4.74 Å². The van der Waals surface area contributed by atoms with Gasteiger partial charge in [-0.25, -0.2) is 4.98 Å². The molecule has 1 atom stereocenters. The number of fused-ring (bicyclic) bond motifs is 1. The summed E-state index contributed by atoms with van der Waals surface area (Å²) in [6.07, 6.45) is 1.87. The molecule has 1 aromatic carbocycles. The van der Waals surface area contributed by atoms with Crippen molar-refractivity contribution in [3.63, 3.8) is 0 Å². The Morgan fingerprint density at radius 3 is 2.68 bits per heavy atom. The van der Waals surface area contributed by atoms with Gasteiger partial charge in [0.1, 0.15) is 13.9 Å². The molecule has 1 unspecified atom stereocenters. The summed E-state index contributed by atoms with van der Waals surface area (Å²) in [5.74, 6) is 0.0821. The molecule has 0 fully saturated rings. The molecule has 0 saturated heterocycles. The van der Waals surface area contributed by atoms with E-state index in [0.29, 0.717) is 6.61 Å². The first-order valence-corrected chi connectivity index (χ1v) is 11.3. The number of hydrogen-bond donors (Lipinski definition) is 0. The van der Waals surface area contributed by atoms with Gasteiger partial charge in [-0.3, -0.25) is 0 Å². The van der Waals surface area contributed by atoms with E-state index < -0.39 is 8.07 Å². The quantitative estimate of drug-likeness (QED) is 0.541. The van der Waals surface area contributed by atoms with Gasteiger partial charge >= 0.3 is 0 Å². The molecular weight excluding hydrogens is 391 g/mol. The summed E-state index contributed by atoms with van der Waals surface area (Å²) >= 11 is 8.46. The van der Waals surface area contributed by atoms with Crippen LogP contribution in [0.4, 0.5) is 0 Å². The SMILES string of the molecule is CCOC(n1cnc2cc(I)c(Cl)cc21)[Si](C)(C)C. The lowest BCUT2D eigenvalue weighted by Crippen LogP contribution is -2.37. The van der Waals surface area contributed by atoms with Gasteiger partial charge in [0.05, 0.1) is 22.4 Å². The Kier molecular flexibility index (Phi) is 4.59. The van der Waals surface area contributed by atoms with Crippen molar-refractivity contribution in [3.8, 4) is 0 Å². The summed E-state index contributed by atoms with van der Waals surface area (Å²) in [5.41, 5.74) is 2.02. The van der Waals surface area contributed by atoms with E-state index in [1.54, 1.807) is 0 Å². The highest BCUT2D eigenvalue weighted by molar-refractivity contribution is 14.1. The molecule has 0 amide bonds. The van der Waals surface area contributed by atoms with Gasteiger partial charge in [-0.15, -0.1) is 0 Å². The molecule has 1 aromatic heterocycles. The van der Waals surface area contributed by atoms with Crippen LogP contribution >= 0.6 is 34.2 Å². The minimum Gasteiger partial charge on any atom is -0.362 e. The van der Waals surface area contributed by atoms with Crippen molar-refractivity contribution in [3.05, 3.63) is 27.1 Å². The Bertz CT molecular complexity index is 594. The van der Waals surface area contributed by atoms with E-state index in [4.69, 9.17) is 16.3 Å². The number of benzene rings is 1. The van der Waals surface area contributed by atoms with Crippen LogP contribution in [0.2, 0.25) is 24.7 Å². The highest BCUT2D eigenvalue weighted by Gasteiger charge is 2.30. The van der Waals surface area contributed by atoms with Gasteiger partial charge in [-0.2, -0.15) is 0 Å². The maximum absolute atomic E-state index is 6.23. The number of hydrogen-bond acceptors (Lipinski definition) is 2. The van der Waals surface area contributed by atoms with E-state index in [0.717, 1.165) is 19.6 Å². The standard InChI is InChI=1S/C13H18ClIN2OSi/c1-5-18-13(19(2,3)4)17-8-16-11-7-10(15)9(14)6-12(11)17/h6-8,13H,5H2,1-4H3. The molecule has 2 rings (SSSR count). The van der Waals surface area contributed by atoms with Crippen LogP contribution in [0.15, 0.2) is 18.5 Å². The molecule has 19 heavy (non-hydrogen) atoms. The van der Waals surface area contributed by atoms with Crippen LogP contribution in [-0.4, -0.2) is 24.2 Å². The first-order valence-electron chi connectivity index (χ1n) is 6.27. The molecule has 1 heterocycles. The smallest absolute Gasteiger partial charge is 0.120 e. The molecular formula is C13H18ClIN2OSi. The molecule has 0 aliphatic carbocycles. The number of imidazole rings is 1. The Morgan fingerprint density at radius 1 is 1.42 bits per heavy atom. The van der Waals surface area contributed by atoms with Gasteiger partial charge in [0.25, 0.3) is 0 Å². The minimum absolute atomic E-state index is 0.0821. The molecule has 3 nitrogen and oxygen atoms in total. The molecule has 104 valence electrons. The zero-order valence-corrected chi connectivity index (χ0v) is 15.5. The molecule has 0 bridgehead atoms. The summed E-state index contributed by atoms with van der Waals surface area (Å²) in [6, 6.07) is 4.00. The average Bonchev–Trinajstić information content (AvgIpc) is 2.68. The van der Waals surface area contributed by atoms with Gasteiger partial charge in [0.15, 0.2) is 0 Å². The highest BCUT2D eigenvalue weighted by Crippen LogP contribution is 2.30. The van der Waals surface area contributed by atoms with Crippen LogP contribution in [-0.2, 0) is 4.74 Å². The number of ether oxygens (including phenoxy) is 1. The number of halogens is 2. The Morgan fingerprint density at radius 2 is 2.11 bits per heavy atom. The number of nitrogens with zero attached hydrogens (tertiary/aromatic N) is 2. The molecule has 6 heteroatoms. The summed E-state index contributed by atoms with van der Waals surface area (Å²) in [4.78, 5) is 4.48. The van der Waals surface area contributed by atoms with E-state index in [1.807, 2.05) is 25.4 Å². The van der Waals surface area contributed by atoms with Crippen molar-refractivity contribution in [1.29, 1.82) is 0 Å². The summed E-state index contributed by atoms with van der Waals surface area (Å²) < 4.78 is 9.13. The molecule has 0 radical (unpaired) electrons. The third-order valence-electron chi connectivity index (χ3n) is 2.93. The second-order valence-corrected chi connectivity index (χ2v) is 12.4. The fraction of sp³-hybridized carbons (Fsp3) is 0.462. The van der Waals surface area contributed by atoms with Crippen LogP contribution < -0.4 is 0 Å². The first kappa shape index (κ1) is 15.3. The van der Waals surface area contributed by atoms with Crippen LogP contribution in [0.3, 0.4) is 0 Å². The van der Waals surface area contributed by atoms with Gasteiger partial charge < -0.3 is 9.30 Å². The maximum Gasteiger partial charge on any atom is 0.120 e. The summed E-state index contributed by atoms with van der Waals surface area (Å²) in [7, 11) is -1.50. The second-order valence-electron chi connectivity index (χ2n) is 5.58. The van der Waals surface area contributed by atoms with Gasteiger partial charge in [0.2, 0.25) is 0 Å². The van der Waals surface area contributed by atoms with Crippen LogP contribution in [0, 0.1) is 3.57 Å². The predicted molar refractivity (Wildman–Crippen MR) is 91.5 cm³/mol. The second kappa shape index (κ2) is 5.71. The van der Waals surface area contributed by atoms with Crippen LogP contribution in [0.25, 0.3) is 11.0 Å². The molecule has 0 spiro atoms. The topological polar surface area (TPSA) is 27.1 Å². The van der Waals surface area contributed by atoms with E-state index in [-0.39, 0.29) is 5.85 Å². The van der Waals surface area contributed by atoms with Gasteiger partial charge in [-0.05, 0) is 41.6 Å². The molecule has 0 N–H and O–H groups in total. The molecule has 0 aliphatic heterocycles. The Hall–Kier alpha value is -0.113. The van der Waals surface area contributed by atoms with Crippen LogP contribution in [0.5, 0.6) is 0 Å². The van der Waals surface area contributed by atoms with E-state index in [1.165, 1.54) is 0 Å². The normalized spacial score (nSPS) is 14.0. The van der Waals surface area contributed by atoms with E-state index in [2.05, 4.69) is 51.8 Å². The Balaban J connectivity index is 2.57. The lowest BCUT2D eigenvalue weighted by molar-refractivity contribution is 0.0664. The fourth-order valence-corrected chi connectivity index (χ4v) is 4.43. The lowest BCUT2D eigenvalue weighted by atomic mass is 10.3. The van der Waals surface area contributed by atoms with E-state index in [9.17, 15) is 0 Å². The van der Waals surface area contributed by atoms with Crippen molar-refractivity contribution >= 4 is 53.3 Å². The predicted octanol–water partition coefficient (Wildman–Crippen LogP) is 4.71.